The first-order chi connectivity index (χ1) is 7.36. The smallest absolute Gasteiger partial charge is 0.130 e. The van der Waals surface area contributed by atoms with Crippen LogP contribution in [0.1, 0.15) is 18.2 Å². The zero-order valence-electron chi connectivity index (χ0n) is 8.23. The van der Waals surface area contributed by atoms with Crippen LogP contribution in [0.3, 0.4) is 0 Å². The van der Waals surface area contributed by atoms with Gasteiger partial charge in [-0.1, -0.05) is 6.92 Å². The molecule has 15 heavy (non-hydrogen) atoms. The molecule has 2 heterocycles. The van der Waals surface area contributed by atoms with Crippen LogP contribution in [0.25, 0.3) is 11.4 Å². The van der Waals surface area contributed by atoms with E-state index in [0.717, 1.165) is 12.1 Å². The summed E-state index contributed by atoms with van der Waals surface area (Å²) in [6.07, 6.45) is 5.51. The molecular weight excluding hydrogens is 190 g/mol. The predicted octanol–water partition coefficient (Wildman–Crippen LogP) is 1.30. The Morgan fingerprint density at radius 1 is 1.47 bits per heavy atom. The van der Waals surface area contributed by atoms with E-state index in [9.17, 15) is 0 Å². The van der Waals surface area contributed by atoms with Gasteiger partial charge in [0.2, 0.25) is 0 Å². The van der Waals surface area contributed by atoms with Gasteiger partial charge in [-0.25, -0.2) is 0 Å². The van der Waals surface area contributed by atoms with Crippen molar-refractivity contribution in [2.45, 2.75) is 13.3 Å². The Labute approximate surface area is 86.8 Å². The molecule has 2 rings (SSSR count). The van der Waals surface area contributed by atoms with Crippen LogP contribution in [0.15, 0.2) is 18.6 Å². The highest BCUT2D eigenvalue weighted by Gasteiger charge is 2.13. The molecule has 0 unspecified atom stereocenters. The second kappa shape index (κ2) is 3.88. The molecule has 0 aliphatic carbocycles. The van der Waals surface area contributed by atoms with E-state index in [4.69, 9.17) is 5.26 Å². The van der Waals surface area contributed by atoms with E-state index in [1.807, 2.05) is 6.92 Å². The molecule has 0 aliphatic rings. The number of nitrogens with one attached hydrogen (secondary N) is 1. The van der Waals surface area contributed by atoms with Crippen molar-refractivity contribution < 1.29 is 0 Å². The maximum absolute atomic E-state index is 9.02. The Morgan fingerprint density at radius 3 is 2.93 bits per heavy atom. The number of aromatic amines is 1. The Bertz CT molecular complexity index is 494. The fourth-order valence-electron chi connectivity index (χ4n) is 1.36. The first-order valence-electron chi connectivity index (χ1n) is 4.60. The van der Waals surface area contributed by atoms with Gasteiger partial charge >= 0.3 is 0 Å². The Hall–Kier alpha value is -2.22. The SMILES string of the molecule is CCc1[nH]nc(-c2cnccn2)c1C#N. The lowest BCUT2D eigenvalue weighted by molar-refractivity contribution is 0.972. The first kappa shape index (κ1) is 9.34. The second-order valence-electron chi connectivity index (χ2n) is 2.98. The maximum atomic E-state index is 9.02. The van der Waals surface area contributed by atoms with Crippen molar-refractivity contribution in [3.05, 3.63) is 29.8 Å². The third-order valence-corrected chi connectivity index (χ3v) is 2.11. The summed E-state index contributed by atoms with van der Waals surface area (Å²) in [5, 5.41) is 15.9. The van der Waals surface area contributed by atoms with E-state index in [2.05, 4.69) is 26.2 Å². The largest absolute Gasteiger partial charge is 0.281 e. The van der Waals surface area contributed by atoms with Crippen molar-refractivity contribution >= 4 is 0 Å². The number of nitrogens with zero attached hydrogens (tertiary/aromatic N) is 4. The number of hydrogen-bond donors (Lipinski definition) is 1. The van der Waals surface area contributed by atoms with Crippen LogP contribution >= 0.6 is 0 Å². The maximum Gasteiger partial charge on any atom is 0.130 e. The summed E-state index contributed by atoms with van der Waals surface area (Å²) < 4.78 is 0. The van der Waals surface area contributed by atoms with Crippen LogP contribution in [0.4, 0.5) is 0 Å². The average molecular weight is 199 g/mol. The molecule has 0 saturated heterocycles. The minimum absolute atomic E-state index is 0.554. The van der Waals surface area contributed by atoms with Gasteiger partial charge in [0, 0.05) is 12.4 Å². The summed E-state index contributed by atoms with van der Waals surface area (Å²) in [6, 6.07) is 2.13. The van der Waals surface area contributed by atoms with Crippen LogP contribution in [0.5, 0.6) is 0 Å². The standard InChI is InChI=1S/C10H9N5/c1-2-8-7(5-11)10(15-14-8)9-6-12-3-4-13-9/h3-4,6H,2H2,1H3,(H,14,15). The zero-order chi connectivity index (χ0) is 10.7. The lowest BCUT2D eigenvalue weighted by atomic mass is 10.1. The van der Waals surface area contributed by atoms with Crippen LogP contribution in [0.2, 0.25) is 0 Å². The fourth-order valence-corrected chi connectivity index (χ4v) is 1.36. The molecule has 0 bridgehead atoms. The van der Waals surface area contributed by atoms with Crippen molar-refractivity contribution in [1.82, 2.24) is 20.2 Å². The summed E-state index contributed by atoms with van der Waals surface area (Å²) in [7, 11) is 0. The summed E-state index contributed by atoms with van der Waals surface area (Å²) >= 11 is 0. The molecule has 2 aromatic heterocycles. The minimum Gasteiger partial charge on any atom is -0.281 e. The highest BCUT2D eigenvalue weighted by molar-refractivity contribution is 5.63. The van der Waals surface area contributed by atoms with Crippen molar-refractivity contribution in [3.63, 3.8) is 0 Å². The van der Waals surface area contributed by atoms with E-state index in [-0.39, 0.29) is 0 Å². The normalized spacial score (nSPS) is 9.87. The highest BCUT2D eigenvalue weighted by atomic mass is 15.1. The molecule has 0 saturated carbocycles. The number of nitriles is 1. The molecule has 5 nitrogen and oxygen atoms in total. The molecule has 0 spiro atoms. The van der Waals surface area contributed by atoms with Crippen molar-refractivity contribution in [1.29, 1.82) is 5.26 Å². The van der Waals surface area contributed by atoms with Crippen LogP contribution in [0, 0.1) is 11.3 Å². The zero-order valence-corrected chi connectivity index (χ0v) is 8.23. The van der Waals surface area contributed by atoms with E-state index >= 15 is 0 Å². The monoisotopic (exact) mass is 199 g/mol. The van der Waals surface area contributed by atoms with Gasteiger partial charge in [-0.3, -0.25) is 15.1 Å². The molecule has 0 amide bonds. The quantitative estimate of drug-likeness (QED) is 0.790. The van der Waals surface area contributed by atoms with Gasteiger partial charge in [0.05, 0.1) is 11.9 Å². The van der Waals surface area contributed by atoms with E-state index in [0.29, 0.717) is 17.0 Å². The third-order valence-electron chi connectivity index (χ3n) is 2.11. The van der Waals surface area contributed by atoms with Gasteiger partial charge in [0.1, 0.15) is 23.0 Å². The Balaban J connectivity index is 2.55. The molecule has 2 aromatic rings. The van der Waals surface area contributed by atoms with Crippen molar-refractivity contribution in [3.8, 4) is 17.5 Å². The highest BCUT2D eigenvalue weighted by Crippen LogP contribution is 2.20. The molecular formula is C10H9N5. The van der Waals surface area contributed by atoms with Gasteiger partial charge in [0.15, 0.2) is 0 Å². The first-order valence-corrected chi connectivity index (χ1v) is 4.60. The van der Waals surface area contributed by atoms with E-state index in [1.54, 1.807) is 18.6 Å². The molecule has 1 N–H and O–H groups in total. The molecule has 0 atom stereocenters. The molecule has 0 aliphatic heterocycles. The van der Waals surface area contributed by atoms with Crippen molar-refractivity contribution in [2.75, 3.05) is 0 Å². The van der Waals surface area contributed by atoms with Crippen molar-refractivity contribution in [2.24, 2.45) is 0 Å². The number of hydrogen-bond acceptors (Lipinski definition) is 4. The van der Waals surface area contributed by atoms with E-state index < -0.39 is 0 Å². The fraction of sp³-hybridized carbons (Fsp3) is 0.200. The molecule has 0 aromatic carbocycles. The number of aromatic nitrogens is 4. The van der Waals surface area contributed by atoms with Crippen LogP contribution in [-0.2, 0) is 6.42 Å². The molecule has 74 valence electrons. The lowest BCUT2D eigenvalue weighted by Gasteiger charge is -1.94. The third kappa shape index (κ3) is 1.57. The van der Waals surface area contributed by atoms with Gasteiger partial charge in [-0.05, 0) is 6.42 Å². The Morgan fingerprint density at radius 2 is 2.33 bits per heavy atom. The summed E-state index contributed by atoms with van der Waals surface area (Å²) in [4.78, 5) is 8.05. The van der Waals surface area contributed by atoms with Gasteiger partial charge in [-0.2, -0.15) is 10.4 Å². The van der Waals surface area contributed by atoms with Gasteiger partial charge < -0.3 is 0 Å². The summed E-state index contributed by atoms with van der Waals surface area (Å²) in [5.41, 5.74) is 2.57. The van der Waals surface area contributed by atoms with Gasteiger partial charge in [-0.15, -0.1) is 0 Å². The topological polar surface area (TPSA) is 78.2 Å². The number of H-pyrrole nitrogens is 1. The molecule has 0 radical (unpaired) electrons. The minimum atomic E-state index is 0.554. The number of aryl methyl sites for hydroxylation is 1. The molecule has 0 fully saturated rings. The van der Waals surface area contributed by atoms with Gasteiger partial charge in [0.25, 0.3) is 0 Å². The lowest BCUT2D eigenvalue weighted by Crippen LogP contribution is -1.88. The van der Waals surface area contributed by atoms with Crippen LogP contribution in [-0.4, -0.2) is 20.2 Å². The average Bonchev–Trinajstić information content (AvgIpc) is 2.72. The second-order valence-corrected chi connectivity index (χ2v) is 2.98. The summed E-state index contributed by atoms with van der Waals surface area (Å²) in [5.74, 6) is 0. The summed E-state index contributed by atoms with van der Waals surface area (Å²) in [6.45, 7) is 1.97. The Kier molecular flexibility index (Phi) is 2.42. The number of rotatable bonds is 2. The predicted molar refractivity (Wildman–Crippen MR) is 53.7 cm³/mol. The van der Waals surface area contributed by atoms with Crippen LogP contribution < -0.4 is 0 Å². The molecule has 5 heteroatoms. The van der Waals surface area contributed by atoms with E-state index in [1.165, 1.54) is 0 Å².